The highest BCUT2D eigenvalue weighted by Gasteiger charge is 2.30. The van der Waals surface area contributed by atoms with Crippen LogP contribution in [-0.2, 0) is 11.2 Å². The first-order valence-electron chi connectivity index (χ1n) is 8.84. The number of guanidine groups is 1. The number of hydrogen-bond acceptors (Lipinski definition) is 2. The van der Waals surface area contributed by atoms with Crippen LogP contribution in [0.1, 0.15) is 32.8 Å². The van der Waals surface area contributed by atoms with Crippen molar-refractivity contribution in [3.63, 3.8) is 0 Å². The lowest BCUT2D eigenvalue weighted by Gasteiger charge is -2.23. The van der Waals surface area contributed by atoms with Crippen LogP contribution in [0.3, 0.4) is 0 Å². The minimum atomic E-state index is -0.0280. The van der Waals surface area contributed by atoms with Crippen molar-refractivity contribution < 1.29 is 4.79 Å². The highest BCUT2D eigenvalue weighted by Crippen LogP contribution is 2.28. The Morgan fingerprint density at radius 1 is 1.25 bits per heavy atom. The summed E-state index contributed by atoms with van der Waals surface area (Å²) in [5.41, 5.74) is 1.54. The lowest BCUT2D eigenvalue weighted by Crippen LogP contribution is -2.41. The van der Waals surface area contributed by atoms with Crippen LogP contribution >= 0.6 is 0 Å². The van der Waals surface area contributed by atoms with Crippen LogP contribution in [-0.4, -0.2) is 49.5 Å². The van der Waals surface area contributed by atoms with Crippen molar-refractivity contribution in [3.8, 4) is 0 Å². The summed E-state index contributed by atoms with van der Waals surface area (Å²) in [6, 6.07) is 10.2. The third-order valence-electron chi connectivity index (χ3n) is 4.26. The number of amides is 1. The Kier molecular flexibility index (Phi) is 6.64. The molecule has 1 amide bonds. The van der Waals surface area contributed by atoms with Gasteiger partial charge >= 0.3 is 0 Å². The minimum absolute atomic E-state index is 0.0280. The van der Waals surface area contributed by atoms with Crippen LogP contribution in [0.2, 0.25) is 0 Å². The summed E-state index contributed by atoms with van der Waals surface area (Å²) in [6.07, 6.45) is 2.00. The summed E-state index contributed by atoms with van der Waals surface area (Å²) >= 11 is 0. The molecule has 0 saturated carbocycles. The Morgan fingerprint density at radius 2 is 2.00 bits per heavy atom. The molecular weight excluding hydrogens is 300 g/mol. The average molecular weight is 330 g/mol. The fraction of sp³-hybridized carbons (Fsp3) is 0.579. The molecule has 1 aromatic carbocycles. The summed E-state index contributed by atoms with van der Waals surface area (Å²) in [5, 5.41) is 6.24. The molecule has 1 aromatic rings. The fourth-order valence-electron chi connectivity index (χ4n) is 2.91. The maximum Gasteiger partial charge on any atom is 0.241 e. The highest BCUT2D eigenvalue weighted by atomic mass is 16.1. The van der Waals surface area contributed by atoms with Crippen molar-refractivity contribution in [1.82, 2.24) is 15.5 Å². The van der Waals surface area contributed by atoms with Crippen molar-refractivity contribution in [1.29, 1.82) is 0 Å². The van der Waals surface area contributed by atoms with Crippen LogP contribution in [0.4, 0.5) is 0 Å². The SMILES string of the molecule is CCNC(=NCC(=O)NCCc1ccccc1)N1CCC(C)(C)C1. The van der Waals surface area contributed by atoms with E-state index in [0.717, 1.165) is 38.4 Å². The third kappa shape index (κ3) is 5.87. The molecule has 0 unspecified atom stereocenters. The van der Waals surface area contributed by atoms with Gasteiger partial charge in [0.2, 0.25) is 5.91 Å². The molecule has 0 aromatic heterocycles. The second kappa shape index (κ2) is 8.71. The number of rotatable bonds is 6. The van der Waals surface area contributed by atoms with Gasteiger partial charge in [-0.25, -0.2) is 4.99 Å². The van der Waals surface area contributed by atoms with Crippen LogP contribution in [0.5, 0.6) is 0 Å². The lowest BCUT2D eigenvalue weighted by atomic mass is 9.93. The maximum atomic E-state index is 12.0. The number of carbonyl (C=O) groups excluding carboxylic acids is 1. The van der Waals surface area contributed by atoms with Crippen LogP contribution in [0.25, 0.3) is 0 Å². The molecule has 1 fully saturated rings. The molecule has 5 nitrogen and oxygen atoms in total. The van der Waals surface area contributed by atoms with Crippen molar-refractivity contribution in [2.75, 3.05) is 32.7 Å². The summed E-state index contributed by atoms with van der Waals surface area (Å²) in [4.78, 5) is 18.8. The molecule has 0 radical (unpaired) electrons. The van der Waals surface area contributed by atoms with Crippen molar-refractivity contribution in [2.24, 2.45) is 10.4 Å². The molecule has 1 aliphatic rings. The van der Waals surface area contributed by atoms with Crippen molar-refractivity contribution in [2.45, 2.75) is 33.6 Å². The number of hydrogen-bond donors (Lipinski definition) is 2. The van der Waals surface area contributed by atoms with Crippen LogP contribution in [0, 0.1) is 5.41 Å². The van der Waals surface area contributed by atoms with Gasteiger partial charge in [0.1, 0.15) is 6.54 Å². The average Bonchev–Trinajstić information content (AvgIpc) is 2.92. The van der Waals surface area contributed by atoms with Gasteiger partial charge in [-0.3, -0.25) is 4.79 Å². The summed E-state index contributed by atoms with van der Waals surface area (Å²) in [5.74, 6) is 0.820. The number of benzene rings is 1. The van der Waals surface area contributed by atoms with Gasteiger partial charge < -0.3 is 15.5 Å². The smallest absolute Gasteiger partial charge is 0.241 e. The van der Waals surface area contributed by atoms with E-state index in [9.17, 15) is 4.79 Å². The number of carbonyl (C=O) groups is 1. The molecular formula is C19H30N4O. The predicted octanol–water partition coefficient (Wildman–Crippen LogP) is 2.04. The molecule has 2 rings (SSSR count). The van der Waals surface area contributed by atoms with Gasteiger partial charge in [0, 0.05) is 26.2 Å². The molecule has 1 heterocycles. The molecule has 0 atom stereocenters. The fourth-order valence-corrected chi connectivity index (χ4v) is 2.91. The highest BCUT2D eigenvalue weighted by molar-refractivity contribution is 5.85. The third-order valence-corrected chi connectivity index (χ3v) is 4.26. The largest absolute Gasteiger partial charge is 0.357 e. The molecule has 1 saturated heterocycles. The molecule has 0 spiro atoms. The summed E-state index contributed by atoms with van der Waals surface area (Å²) < 4.78 is 0. The Bertz CT molecular complexity index is 554. The predicted molar refractivity (Wildman–Crippen MR) is 99.1 cm³/mol. The first-order chi connectivity index (χ1) is 11.5. The van der Waals surface area contributed by atoms with E-state index in [2.05, 4.69) is 53.4 Å². The second-order valence-electron chi connectivity index (χ2n) is 7.09. The van der Waals surface area contributed by atoms with E-state index in [1.807, 2.05) is 18.2 Å². The van der Waals surface area contributed by atoms with E-state index in [-0.39, 0.29) is 12.5 Å². The van der Waals surface area contributed by atoms with Crippen LogP contribution in [0.15, 0.2) is 35.3 Å². The zero-order valence-electron chi connectivity index (χ0n) is 15.1. The van der Waals surface area contributed by atoms with Gasteiger partial charge in [0.15, 0.2) is 5.96 Å². The quantitative estimate of drug-likeness (QED) is 0.620. The molecule has 0 bridgehead atoms. The Morgan fingerprint density at radius 3 is 2.62 bits per heavy atom. The van der Waals surface area contributed by atoms with Crippen LogP contribution < -0.4 is 10.6 Å². The Hall–Kier alpha value is -2.04. The van der Waals surface area contributed by atoms with Gasteiger partial charge in [-0.2, -0.15) is 0 Å². The molecule has 1 aliphatic heterocycles. The van der Waals surface area contributed by atoms with Gasteiger partial charge in [0.25, 0.3) is 0 Å². The molecule has 24 heavy (non-hydrogen) atoms. The first kappa shape index (κ1) is 18.3. The number of likely N-dealkylation sites (tertiary alicyclic amines) is 1. The normalized spacial score (nSPS) is 17.0. The van der Waals surface area contributed by atoms with E-state index >= 15 is 0 Å². The monoisotopic (exact) mass is 330 g/mol. The topological polar surface area (TPSA) is 56.7 Å². The van der Waals surface area contributed by atoms with E-state index in [1.54, 1.807) is 0 Å². The van der Waals surface area contributed by atoms with Gasteiger partial charge in [0.05, 0.1) is 0 Å². The summed E-state index contributed by atoms with van der Waals surface area (Å²) in [7, 11) is 0. The molecule has 2 N–H and O–H groups in total. The molecule has 132 valence electrons. The summed E-state index contributed by atoms with van der Waals surface area (Å²) in [6.45, 7) is 10.2. The second-order valence-corrected chi connectivity index (χ2v) is 7.09. The van der Waals surface area contributed by atoms with E-state index in [0.29, 0.717) is 12.0 Å². The van der Waals surface area contributed by atoms with E-state index in [4.69, 9.17) is 0 Å². The van der Waals surface area contributed by atoms with Gasteiger partial charge in [-0.05, 0) is 30.7 Å². The number of nitrogens with zero attached hydrogens (tertiary/aromatic N) is 2. The zero-order valence-corrected chi connectivity index (χ0v) is 15.1. The Labute approximate surface area is 145 Å². The molecule has 0 aliphatic carbocycles. The van der Waals surface area contributed by atoms with Crippen molar-refractivity contribution >= 4 is 11.9 Å². The number of nitrogens with one attached hydrogen (secondary N) is 2. The number of aliphatic imine (C=N–C) groups is 1. The Balaban J connectivity index is 1.79. The molecule has 5 heteroatoms. The zero-order chi connectivity index (χ0) is 17.4. The van der Waals surface area contributed by atoms with Crippen molar-refractivity contribution in [3.05, 3.63) is 35.9 Å². The van der Waals surface area contributed by atoms with Gasteiger partial charge in [-0.1, -0.05) is 44.2 Å². The maximum absolute atomic E-state index is 12.0. The lowest BCUT2D eigenvalue weighted by molar-refractivity contribution is -0.119. The van der Waals surface area contributed by atoms with Gasteiger partial charge in [-0.15, -0.1) is 0 Å². The standard InChI is InChI=1S/C19H30N4O/c1-4-20-18(23-13-11-19(2,3)15-23)22-14-17(24)21-12-10-16-8-6-5-7-9-16/h5-9H,4,10-15H2,1-3H3,(H,20,22)(H,21,24). The first-order valence-corrected chi connectivity index (χ1v) is 8.84. The van der Waals surface area contributed by atoms with E-state index < -0.39 is 0 Å². The minimum Gasteiger partial charge on any atom is -0.357 e. The van der Waals surface area contributed by atoms with E-state index in [1.165, 1.54) is 5.56 Å².